The Kier molecular flexibility index (Phi) is 4.04. The first-order valence-corrected chi connectivity index (χ1v) is 6.53. The van der Waals surface area contributed by atoms with E-state index in [4.69, 9.17) is 4.74 Å². The van der Waals surface area contributed by atoms with E-state index in [-0.39, 0.29) is 5.78 Å². The van der Waals surface area contributed by atoms with Crippen molar-refractivity contribution < 1.29 is 9.53 Å². The molecule has 0 spiro atoms. The van der Waals surface area contributed by atoms with Gasteiger partial charge < -0.3 is 4.74 Å². The summed E-state index contributed by atoms with van der Waals surface area (Å²) in [5, 5.41) is 0. The van der Waals surface area contributed by atoms with E-state index in [0.29, 0.717) is 18.1 Å². The smallest absolute Gasteiger partial charge is 0.213 e. The van der Waals surface area contributed by atoms with Gasteiger partial charge in [0.1, 0.15) is 0 Å². The number of aromatic nitrogens is 2. The van der Waals surface area contributed by atoms with Crippen molar-refractivity contribution in [2.75, 3.05) is 6.61 Å². The van der Waals surface area contributed by atoms with Crippen LogP contribution in [-0.2, 0) is 6.42 Å². The second kappa shape index (κ2) is 5.73. The van der Waals surface area contributed by atoms with E-state index >= 15 is 0 Å². The highest BCUT2D eigenvalue weighted by atomic mass is 32.1. The predicted molar refractivity (Wildman–Crippen MR) is 70.3 cm³/mol. The third-order valence-corrected chi connectivity index (χ3v) is 3.56. The maximum Gasteiger partial charge on any atom is 0.213 e. The van der Waals surface area contributed by atoms with Crippen molar-refractivity contribution in [2.24, 2.45) is 0 Å². The molecule has 0 aliphatic carbocycles. The van der Waals surface area contributed by atoms with E-state index in [1.54, 1.807) is 29.7 Å². The van der Waals surface area contributed by atoms with Crippen LogP contribution in [0.1, 0.15) is 27.9 Å². The van der Waals surface area contributed by atoms with Crippen molar-refractivity contribution in [3.05, 3.63) is 40.0 Å². The van der Waals surface area contributed by atoms with Gasteiger partial charge in [-0.2, -0.15) is 0 Å². The molecular formula is C13H14N2O2S. The fourth-order valence-electron chi connectivity index (χ4n) is 1.52. The molecule has 4 nitrogen and oxygen atoms in total. The van der Waals surface area contributed by atoms with Crippen LogP contribution in [0, 0.1) is 6.92 Å². The lowest BCUT2D eigenvalue weighted by atomic mass is 10.2. The van der Waals surface area contributed by atoms with Gasteiger partial charge in [0.25, 0.3) is 0 Å². The number of ketones is 1. The zero-order valence-electron chi connectivity index (χ0n) is 10.3. The Balaban J connectivity index is 1.92. The van der Waals surface area contributed by atoms with Gasteiger partial charge in [0, 0.05) is 29.1 Å². The lowest BCUT2D eigenvalue weighted by molar-refractivity contribution is 0.101. The third kappa shape index (κ3) is 3.13. The first-order chi connectivity index (χ1) is 8.66. The summed E-state index contributed by atoms with van der Waals surface area (Å²) >= 11 is 1.63. The van der Waals surface area contributed by atoms with Crippen molar-refractivity contribution in [1.29, 1.82) is 0 Å². The molecule has 18 heavy (non-hydrogen) atoms. The van der Waals surface area contributed by atoms with Gasteiger partial charge in [0.15, 0.2) is 5.78 Å². The lowest BCUT2D eigenvalue weighted by Gasteiger charge is -2.05. The first kappa shape index (κ1) is 12.7. The van der Waals surface area contributed by atoms with Crippen molar-refractivity contribution >= 4 is 17.1 Å². The Hall–Kier alpha value is -1.75. The highest BCUT2D eigenvalue weighted by Crippen LogP contribution is 2.14. The maximum atomic E-state index is 11.2. The van der Waals surface area contributed by atoms with Crippen LogP contribution in [0.4, 0.5) is 0 Å². The molecule has 0 aromatic carbocycles. The topological polar surface area (TPSA) is 52.1 Å². The minimum Gasteiger partial charge on any atom is -0.477 e. The number of carbonyl (C=O) groups excluding carboxylic acids is 1. The molecule has 0 aliphatic rings. The number of ether oxygens (including phenoxy) is 1. The zero-order valence-corrected chi connectivity index (χ0v) is 11.2. The fourth-order valence-corrected chi connectivity index (χ4v) is 2.28. The summed E-state index contributed by atoms with van der Waals surface area (Å²) in [6, 6.07) is 3.35. The summed E-state index contributed by atoms with van der Waals surface area (Å²) in [6.45, 7) is 4.05. The Morgan fingerprint density at radius 2 is 2.28 bits per heavy atom. The van der Waals surface area contributed by atoms with Gasteiger partial charge in [-0.1, -0.05) is 0 Å². The highest BCUT2D eigenvalue weighted by Gasteiger charge is 2.04. The molecule has 0 amide bonds. The standard InChI is InChI=1S/C13H14N2O2S/c1-9-12(18-8-15-9)4-6-17-13-7-11(10(2)16)3-5-14-13/h3,5,7-8H,4,6H2,1-2H3. The van der Waals surface area contributed by atoms with E-state index in [1.807, 2.05) is 12.4 Å². The molecule has 2 aromatic heterocycles. The molecule has 0 unspecified atom stereocenters. The first-order valence-electron chi connectivity index (χ1n) is 5.65. The monoisotopic (exact) mass is 262 g/mol. The molecule has 94 valence electrons. The average molecular weight is 262 g/mol. The zero-order chi connectivity index (χ0) is 13.0. The molecule has 5 heteroatoms. The summed E-state index contributed by atoms with van der Waals surface area (Å²) in [6.07, 6.45) is 2.40. The molecule has 0 atom stereocenters. The number of nitrogens with zero attached hydrogens (tertiary/aromatic N) is 2. The number of carbonyl (C=O) groups is 1. The summed E-state index contributed by atoms with van der Waals surface area (Å²) in [5.74, 6) is 0.505. The molecule has 0 N–H and O–H groups in total. The second-order valence-corrected chi connectivity index (χ2v) is 4.84. The largest absolute Gasteiger partial charge is 0.477 e. The fraction of sp³-hybridized carbons (Fsp3) is 0.308. The Labute approximate surface area is 110 Å². The van der Waals surface area contributed by atoms with E-state index in [1.165, 1.54) is 11.8 Å². The van der Waals surface area contributed by atoms with Crippen molar-refractivity contribution in [3.8, 4) is 5.88 Å². The molecule has 2 heterocycles. The molecule has 2 rings (SSSR count). The normalized spacial score (nSPS) is 10.3. The van der Waals surface area contributed by atoms with Crippen molar-refractivity contribution in [3.63, 3.8) is 0 Å². The summed E-state index contributed by atoms with van der Waals surface area (Å²) in [7, 11) is 0. The van der Waals surface area contributed by atoms with Gasteiger partial charge in [-0.05, 0) is 19.9 Å². The van der Waals surface area contributed by atoms with Gasteiger partial charge >= 0.3 is 0 Å². The van der Waals surface area contributed by atoms with Gasteiger partial charge in [-0.15, -0.1) is 11.3 Å². The molecular weight excluding hydrogens is 248 g/mol. The van der Waals surface area contributed by atoms with Crippen LogP contribution in [-0.4, -0.2) is 22.4 Å². The maximum absolute atomic E-state index is 11.2. The minimum absolute atomic E-state index is 0.0144. The van der Waals surface area contributed by atoms with Crippen molar-refractivity contribution in [2.45, 2.75) is 20.3 Å². The Morgan fingerprint density at radius 1 is 1.44 bits per heavy atom. The molecule has 0 radical (unpaired) electrons. The van der Waals surface area contributed by atoms with Crippen LogP contribution in [0.25, 0.3) is 0 Å². The number of aryl methyl sites for hydroxylation is 1. The number of Topliss-reactive ketones (excluding diaryl/α,β-unsaturated/α-hetero) is 1. The van der Waals surface area contributed by atoms with Crippen molar-refractivity contribution in [1.82, 2.24) is 9.97 Å². The molecule has 0 aliphatic heterocycles. The van der Waals surface area contributed by atoms with E-state index in [9.17, 15) is 4.79 Å². The van der Waals surface area contributed by atoms with Gasteiger partial charge in [-0.3, -0.25) is 4.79 Å². The van der Waals surface area contributed by atoms with Crippen LogP contribution in [0.3, 0.4) is 0 Å². The van der Waals surface area contributed by atoms with Gasteiger partial charge in [0.2, 0.25) is 5.88 Å². The van der Waals surface area contributed by atoms with Crippen LogP contribution in [0.5, 0.6) is 5.88 Å². The summed E-state index contributed by atoms with van der Waals surface area (Å²) in [5.41, 5.74) is 3.50. The van der Waals surface area contributed by atoms with Crippen LogP contribution >= 0.6 is 11.3 Å². The van der Waals surface area contributed by atoms with Gasteiger partial charge in [-0.25, -0.2) is 9.97 Å². The average Bonchev–Trinajstić information content (AvgIpc) is 2.76. The van der Waals surface area contributed by atoms with E-state index in [2.05, 4.69) is 9.97 Å². The lowest BCUT2D eigenvalue weighted by Crippen LogP contribution is -2.03. The third-order valence-electron chi connectivity index (χ3n) is 2.57. The van der Waals surface area contributed by atoms with Crippen LogP contribution in [0.2, 0.25) is 0 Å². The minimum atomic E-state index is 0.0144. The van der Waals surface area contributed by atoms with E-state index in [0.717, 1.165) is 12.1 Å². The number of pyridine rings is 1. The highest BCUT2D eigenvalue weighted by molar-refractivity contribution is 7.09. The second-order valence-electron chi connectivity index (χ2n) is 3.90. The molecule has 0 saturated heterocycles. The Bertz CT molecular complexity index is 551. The number of thiazole rings is 1. The molecule has 2 aromatic rings. The van der Waals surface area contributed by atoms with E-state index < -0.39 is 0 Å². The number of hydrogen-bond donors (Lipinski definition) is 0. The van der Waals surface area contributed by atoms with Crippen LogP contribution in [0.15, 0.2) is 23.8 Å². The molecule has 0 saturated carbocycles. The van der Waals surface area contributed by atoms with Gasteiger partial charge in [0.05, 0.1) is 17.8 Å². The number of hydrogen-bond acceptors (Lipinski definition) is 5. The number of rotatable bonds is 5. The summed E-state index contributed by atoms with van der Waals surface area (Å²) < 4.78 is 5.54. The quantitative estimate of drug-likeness (QED) is 0.777. The Morgan fingerprint density at radius 3 is 2.94 bits per heavy atom. The van der Waals surface area contributed by atoms with Crippen LogP contribution < -0.4 is 4.74 Å². The predicted octanol–water partition coefficient (Wildman–Crippen LogP) is 2.67. The SMILES string of the molecule is CC(=O)c1ccnc(OCCc2scnc2C)c1. The molecule has 0 fully saturated rings. The summed E-state index contributed by atoms with van der Waals surface area (Å²) in [4.78, 5) is 20.7. The molecule has 0 bridgehead atoms.